The van der Waals surface area contributed by atoms with Crippen molar-refractivity contribution in [2.24, 2.45) is 17.8 Å². The first-order valence-electron chi connectivity index (χ1n) is 15.5. The molecule has 4 aliphatic rings. The molecule has 10 heteroatoms. The van der Waals surface area contributed by atoms with E-state index >= 15 is 0 Å². The second-order valence-corrected chi connectivity index (χ2v) is 15.2. The maximum atomic E-state index is 12.0. The third-order valence-corrected chi connectivity index (χ3v) is 11.2. The van der Waals surface area contributed by atoms with Crippen LogP contribution < -0.4 is 9.64 Å². The van der Waals surface area contributed by atoms with Crippen molar-refractivity contribution < 1.29 is 32.0 Å². The highest BCUT2D eigenvalue weighted by Crippen LogP contribution is 2.48. The van der Waals surface area contributed by atoms with Crippen molar-refractivity contribution in [2.45, 2.75) is 75.4 Å². The predicted molar refractivity (Wildman–Crippen MR) is 166 cm³/mol. The van der Waals surface area contributed by atoms with Crippen molar-refractivity contribution in [3.8, 4) is 5.75 Å². The smallest absolute Gasteiger partial charge is 0.335 e. The molecular weight excluding hydrogens is 590 g/mol. The van der Waals surface area contributed by atoms with Crippen molar-refractivity contribution in [1.82, 2.24) is 0 Å². The topological polar surface area (TPSA) is 102 Å². The number of halogens is 1. The average molecular weight is 632 g/mol. The van der Waals surface area contributed by atoms with Crippen LogP contribution in [0.3, 0.4) is 0 Å². The van der Waals surface area contributed by atoms with Gasteiger partial charge in [-0.15, -0.1) is 0 Å². The standard InChI is InChI=1S/C33H42ClNO7S/c1-40-31(22-5-3-7-26(16-22)42-43(2,38)39)27-11-8-24(27)18-35-19-33(14-4-6-21-15-25(34)10-12-28(21)33)20-41-30-13-9-23(32(36)37)17-29(30)35/h9-10,12-13,15,17,22,24,26-27,31H,3-8,11,14,16,18-20H2,1-2H3,(H,36,37)/t22-,24+,26-,27-,31?,33?/m1/s1. The minimum atomic E-state index is -3.51. The van der Waals surface area contributed by atoms with Crippen LogP contribution in [0.5, 0.6) is 5.75 Å². The molecule has 0 amide bonds. The number of benzene rings is 2. The van der Waals surface area contributed by atoms with Gasteiger partial charge in [0.25, 0.3) is 10.1 Å². The molecule has 234 valence electrons. The number of fused-ring (bicyclic) bond motifs is 3. The highest BCUT2D eigenvalue weighted by molar-refractivity contribution is 7.86. The third kappa shape index (κ3) is 6.42. The molecule has 0 saturated heterocycles. The summed E-state index contributed by atoms with van der Waals surface area (Å²) in [6.45, 7) is 2.02. The molecule has 1 N–H and O–H groups in total. The van der Waals surface area contributed by atoms with Crippen LogP contribution in [0.2, 0.25) is 5.02 Å². The van der Waals surface area contributed by atoms with Gasteiger partial charge in [0, 0.05) is 30.6 Å². The molecule has 2 aromatic rings. The zero-order valence-electron chi connectivity index (χ0n) is 25.0. The molecule has 1 aliphatic heterocycles. The second kappa shape index (κ2) is 12.2. The lowest BCUT2D eigenvalue weighted by molar-refractivity contribution is -0.0693. The van der Waals surface area contributed by atoms with Crippen molar-refractivity contribution in [3.05, 3.63) is 58.1 Å². The molecule has 1 heterocycles. The van der Waals surface area contributed by atoms with E-state index in [0.717, 1.165) is 87.2 Å². The zero-order chi connectivity index (χ0) is 30.4. The zero-order valence-corrected chi connectivity index (χ0v) is 26.5. The van der Waals surface area contributed by atoms with Crippen molar-refractivity contribution in [2.75, 3.05) is 38.0 Å². The van der Waals surface area contributed by atoms with Gasteiger partial charge in [-0.25, -0.2) is 4.79 Å². The predicted octanol–water partition coefficient (Wildman–Crippen LogP) is 6.09. The Bertz CT molecular complexity index is 1470. The highest BCUT2D eigenvalue weighted by Gasteiger charge is 2.46. The summed E-state index contributed by atoms with van der Waals surface area (Å²) in [5.41, 5.74) is 3.39. The Labute approximate surface area is 259 Å². The van der Waals surface area contributed by atoms with Crippen LogP contribution in [0, 0.1) is 17.8 Å². The summed E-state index contributed by atoms with van der Waals surface area (Å²) in [6.07, 6.45) is 9.31. The molecule has 2 unspecified atom stereocenters. The quantitative estimate of drug-likeness (QED) is 0.350. The van der Waals surface area contributed by atoms with Gasteiger partial charge in [0.15, 0.2) is 0 Å². The molecule has 6 atom stereocenters. The number of hydrogen-bond donors (Lipinski definition) is 1. The first kappa shape index (κ1) is 30.7. The number of anilines is 1. The van der Waals surface area contributed by atoms with Crippen molar-refractivity contribution in [1.29, 1.82) is 0 Å². The Morgan fingerprint density at radius 2 is 2.00 bits per heavy atom. The number of nitrogens with zero attached hydrogens (tertiary/aromatic N) is 1. The lowest BCUT2D eigenvalue weighted by Gasteiger charge is -2.48. The van der Waals surface area contributed by atoms with Crippen LogP contribution in [0.4, 0.5) is 5.69 Å². The maximum Gasteiger partial charge on any atom is 0.335 e. The van der Waals surface area contributed by atoms with Gasteiger partial charge in [0.2, 0.25) is 0 Å². The summed E-state index contributed by atoms with van der Waals surface area (Å²) in [5.74, 6) is 0.679. The first-order valence-corrected chi connectivity index (χ1v) is 17.7. The van der Waals surface area contributed by atoms with E-state index in [4.69, 9.17) is 25.3 Å². The van der Waals surface area contributed by atoms with Gasteiger partial charge >= 0.3 is 5.97 Å². The number of methoxy groups -OCH3 is 1. The monoisotopic (exact) mass is 631 g/mol. The summed E-state index contributed by atoms with van der Waals surface area (Å²) in [5, 5.41) is 10.6. The molecule has 0 aromatic heterocycles. The number of aromatic carboxylic acids is 1. The largest absolute Gasteiger partial charge is 0.490 e. The molecular formula is C33H42ClNO7S. The number of ether oxygens (including phenoxy) is 2. The van der Waals surface area contributed by atoms with Crippen LogP contribution in [0.1, 0.15) is 72.9 Å². The number of hydrogen-bond acceptors (Lipinski definition) is 7. The van der Waals surface area contributed by atoms with E-state index in [1.54, 1.807) is 25.3 Å². The Hall–Kier alpha value is -2.33. The molecule has 8 nitrogen and oxygen atoms in total. The average Bonchev–Trinajstić information content (AvgIpc) is 3.10. The number of carboxylic acids is 1. The van der Waals surface area contributed by atoms with Crippen LogP contribution in [0.25, 0.3) is 0 Å². The highest BCUT2D eigenvalue weighted by atomic mass is 35.5. The van der Waals surface area contributed by atoms with E-state index in [0.29, 0.717) is 24.9 Å². The summed E-state index contributed by atoms with van der Waals surface area (Å²) >= 11 is 6.40. The van der Waals surface area contributed by atoms with Gasteiger partial charge in [-0.05, 0) is 111 Å². The third-order valence-electron chi connectivity index (χ3n) is 10.4. The van der Waals surface area contributed by atoms with Crippen LogP contribution in [-0.4, -0.2) is 64.8 Å². The van der Waals surface area contributed by atoms with E-state index in [-0.39, 0.29) is 29.1 Å². The van der Waals surface area contributed by atoms with Crippen LogP contribution >= 0.6 is 11.6 Å². The normalized spacial score (nSPS) is 29.5. The molecule has 2 aromatic carbocycles. The van der Waals surface area contributed by atoms with Gasteiger partial charge in [0.1, 0.15) is 5.75 Å². The second-order valence-electron chi connectivity index (χ2n) is 13.1. The van der Waals surface area contributed by atoms with E-state index < -0.39 is 16.1 Å². The van der Waals surface area contributed by atoms with Crippen LogP contribution in [0.15, 0.2) is 36.4 Å². The molecule has 3 aliphatic carbocycles. The van der Waals surface area contributed by atoms with Crippen molar-refractivity contribution in [3.63, 3.8) is 0 Å². The fraction of sp³-hybridized carbons (Fsp3) is 0.606. The Balaban J connectivity index is 1.28. The Morgan fingerprint density at radius 1 is 1.16 bits per heavy atom. The lowest BCUT2D eigenvalue weighted by Crippen LogP contribution is -2.51. The molecule has 43 heavy (non-hydrogen) atoms. The van der Waals surface area contributed by atoms with E-state index in [2.05, 4.69) is 17.0 Å². The fourth-order valence-corrected chi connectivity index (χ4v) is 9.18. The number of carbonyl (C=O) groups is 1. The Morgan fingerprint density at radius 3 is 2.72 bits per heavy atom. The molecule has 2 fully saturated rings. The number of aryl methyl sites for hydroxylation is 1. The van der Waals surface area contributed by atoms with Gasteiger partial charge < -0.3 is 19.5 Å². The first-order chi connectivity index (χ1) is 20.5. The molecule has 0 radical (unpaired) electrons. The van der Waals surface area contributed by atoms with E-state index in [1.165, 1.54) is 11.1 Å². The van der Waals surface area contributed by atoms with Crippen molar-refractivity contribution >= 4 is 33.4 Å². The molecule has 2 saturated carbocycles. The summed E-state index contributed by atoms with van der Waals surface area (Å²) in [4.78, 5) is 14.4. The minimum Gasteiger partial charge on any atom is -0.490 e. The van der Waals surface area contributed by atoms with Gasteiger partial charge in [0.05, 0.1) is 36.3 Å². The summed E-state index contributed by atoms with van der Waals surface area (Å²) in [7, 11) is -1.74. The van der Waals surface area contributed by atoms with Gasteiger partial charge in [-0.2, -0.15) is 8.42 Å². The SMILES string of the molecule is COC([C@@H]1CCC[C@@H](OS(C)(=O)=O)C1)[C@@H]1CC[C@H]1CN1CC2(CCCc3cc(Cl)ccc32)COc2ccc(C(=O)O)cc21. The number of rotatable bonds is 8. The van der Waals surface area contributed by atoms with Crippen LogP contribution in [-0.2, 0) is 30.9 Å². The summed E-state index contributed by atoms with van der Waals surface area (Å²) < 4.78 is 41.7. The van der Waals surface area contributed by atoms with Gasteiger partial charge in [-0.3, -0.25) is 4.18 Å². The number of carboxylic acid groups (broad SMARTS) is 1. The maximum absolute atomic E-state index is 12.0. The molecule has 0 bridgehead atoms. The Kier molecular flexibility index (Phi) is 8.72. The molecule has 6 rings (SSSR count). The minimum absolute atomic E-state index is 0.0178. The van der Waals surface area contributed by atoms with E-state index in [1.807, 2.05) is 6.07 Å². The fourth-order valence-electron chi connectivity index (χ4n) is 8.32. The van der Waals surface area contributed by atoms with Gasteiger partial charge in [-0.1, -0.05) is 24.1 Å². The summed E-state index contributed by atoms with van der Waals surface area (Å²) in [6, 6.07) is 11.4. The molecule has 1 spiro atoms. The lowest BCUT2D eigenvalue weighted by atomic mass is 9.65. The van der Waals surface area contributed by atoms with E-state index in [9.17, 15) is 18.3 Å².